The van der Waals surface area contributed by atoms with E-state index in [9.17, 15) is 13.2 Å². The summed E-state index contributed by atoms with van der Waals surface area (Å²) in [4.78, 5) is 18.1. The number of likely N-dealkylation sites (tertiary alicyclic amines) is 1. The number of hydrogen-bond donors (Lipinski definition) is 0. The van der Waals surface area contributed by atoms with Crippen LogP contribution in [0.5, 0.6) is 0 Å². The van der Waals surface area contributed by atoms with Gasteiger partial charge in [0.1, 0.15) is 5.75 Å². The van der Waals surface area contributed by atoms with Crippen LogP contribution < -0.4 is 0 Å². The molecule has 0 aliphatic carbocycles. The standard InChI is InChI=1S/C14H23N3O4S/c1-4-22(19,20)9-12(18)17-7-5-6-11(8-17)13-15-14(10(2)3)21-16-13/h10-11H,4-9H2,1-3H3. The van der Waals surface area contributed by atoms with Crippen molar-refractivity contribution >= 4 is 15.7 Å². The van der Waals surface area contributed by atoms with Gasteiger partial charge in [-0.25, -0.2) is 8.42 Å². The molecule has 0 radical (unpaired) electrons. The van der Waals surface area contributed by atoms with Gasteiger partial charge < -0.3 is 9.42 Å². The van der Waals surface area contributed by atoms with Gasteiger partial charge in [-0.2, -0.15) is 4.98 Å². The predicted molar refractivity (Wildman–Crippen MR) is 81.3 cm³/mol. The van der Waals surface area contributed by atoms with Gasteiger partial charge in [0.15, 0.2) is 15.7 Å². The molecule has 1 aliphatic rings. The van der Waals surface area contributed by atoms with Crippen molar-refractivity contribution in [1.29, 1.82) is 0 Å². The zero-order chi connectivity index (χ0) is 16.3. The van der Waals surface area contributed by atoms with Crippen LogP contribution in [0.1, 0.15) is 57.2 Å². The van der Waals surface area contributed by atoms with Crippen LogP contribution in [0.4, 0.5) is 0 Å². The van der Waals surface area contributed by atoms with E-state index in [0.29, 0.717) is 24.8 Å². The maximum Gasteiger partial charge on any atom is 0.237 e. The summed E-state index contributed by atoms with van der Waals surface area (Å²) in [5.74, 6) is 0.611. The van der Waals surface area contributed by atoms with Crippen molar-refractivity contribution in [3.8, 4) is 0 Å². The Labute approximate surface area is 131 Å². The molecular formula is C14H23N3O4S. The lowest BCUT2D eigenvalue weighted by atomic mass is 9.97. The summed E-state index contributed by atoms with van der Waals surface area (Å²) >= 11 is 0. The minimum atomic E-state index is -3.30. The monoisotopic (exact) mass is 329 g/mol. The average molecular weight is 329 g/mol. The minimum Gasteiger partial charge on any atom is -0.341 e. The number of carbonyl (C=O) groups excluding carboxylic acids is 1. The maximum atomic E-state index is 12.1. The molecule has 0 saturated carbocycles. The zero-order valence-corrected chi connectivity index (χ0v) is 14.1. The van der Waals surface area contributed by atoms with Crippen LogP contribution >= 0.6 is 0 Å². The van der Waals surface area contributed by atoms with E-state index in [1.165, 1.54) is 0 Å². The van der Waals surface area contributed by atoms with Crippen molar-refractivity contribution in [2.24, 2.45) is 0 Å². The van der Waals surface area contributed by atoms with Crippen molar-refractivity contribution in [3.05, 3.63) is 11.7 Å². The highest BCUT2D eigenvalue weighted by atomic mass is 32.2. The van der Waals surface area contributed by atoms with Crippen LogP contribution in [0.25, 0.3) is 0 Å². The molecule has 0 aromatic carbocycles. The molecule has 0 spiro atoms. The summed E-state index contributed by atoms with van der Waals surface area (Å²) in [7, 11) is -3.30. The zero-order valence-electron chi connectivity index (χ0n) is 13.3. The average Bonchev–Trinajstić information content (AvgIpc) is 2.97. The van der Waals surface area contributed by atoms with E-state index < -0.39 is 15.6 Å². The van der Waals surface area contributed by atoms with Gasteiger partial charge in [0, 0.05) is 30.7 Å². The molecule has 2 heterocycles. The lowest BCUT2D eigenvalue weighted by Gasteiger charge is -2.31. The first-order valence-corrected chi connectivity index (χ1v) is 9.46. The number of rotatable bonds is 5. The van der Waals surface area contributed by atoms with Crippen molar-refractivity contribution in [2.45, 2.75) is 45.4 Å². The first kappa shape index (κ1) is 16.9. The number of sulfone groups is 1. The maximum absolute atomic E-state index is 12.1. The highest BCUT2D eigenvalue weighted by Gasteiger charge is 2.29. The smallest absolute Gasteiger partial charge is 0.237 e. The van der Waals surface area contributed by atoms with Gasteiger partial charge in [0.2, 0.25) is 11.8 Å². The van der Waals surface area contributed by atoms with Crippen molar-refractivity contribution in [3.63, 3.8) is 0 Å². The lowest BCUT2D eigenvalue weighted by Crippen LogP contribution is -2.42. The molecule has 0 N–H and O–H groups in total. The number of piperidine rings is 1. The number of hydrogen-bond acceptors (Lipinski definition) is 6. The summed E-state index contributed by atoms with van der Waals surface area (Å²) < 4.78 is 28.4. The van der Waals surface area contributed by atoms with Crippen LogP contribution in [0.2, 0.25) is 0 Å². The quantitative estimate of drug-likeness (QED) is 0.809. The Bertz CT molecular complexity index is 624. The first-order chi connectivity index (χ1) is 10.3. The normalized spacial score (nSPS) is 19.6. The topological polar surface area (TPSA) is 93.4 Å². The Morgan fingerprint density at radius 1 is 1.45 bits per heavy atom. The van der Waals surface area contributed by atoms with Crippen LogP contribution in [0.15, 0.2) is 4.52 Å². The van der Waals surface area contributed by atoms with Crippen molar-refractivity contribution in [2.75, 3.05) is 24.6 Å². The molecule has 0 bridgehead atoms. The van der Waals surface area contributed by atoms with Gasteiger partial charge in [0.25, 0.3) is 0 Å². The van der Waals surface area contributed by atoms with Crippen LogP contribution in [-0.2, 0) is 14.6 Å². The number of nitrogens with zero attached hydrogens (tertiary/aromatic N) is 3. The Morgan fingerprint density at radius 2 is 2.18 bits per heavy atom. The largest absolute Gasteiger partial charge is 0.341 e. The van der Waals surface area contributed by atoms with Crippen LogP contribution in [-0.4, -0.2) is 54.0 Å². The fourth-order valence-corrected chi connectivity index (χ4v) is 3.21. The molecule has 2 rings (SSSR count). The molecule has 1 aliphatic heterocycles. The van der Waals surface area contributed by atoms with Gasteiger partial charge in [-0.3, -0.25) is 4.79 Å². The molecule has 1 atom stereocenters. The van der Waals surface area contributed by atoms with E-state index in [0.717, 1.165) is 12.8 Å². The molecule has 1 fully saturated rings. The summed E-state index contributed by atoms with van der Waals surface area (Å²) in [6.45, 7) is 6.54. The van der Waals surface area contributed by atoms with Crippen LogP contribution in [0.3, 0.4) is 0 Å². The van der Waals surface area contributed by atoms with Crippen molar-refractivity contribution < 1.29 is 17.7 Å². The molecule has 1 aromatic heterocycles. The summed E-state index contributed by atoms with van der Waals surface area (Å²) in [6.07, 6.45) is 1.69. The van der Waals surface area contributed by atoms with E-state index in [2.05, 4.69) is 10.1 Å². The van der Waals surface area contributed by atoms with E-state index in [1.54, 1.807) is 11.8 Å². The van der Waals surface area contributed by atoms with E-state index in [1.807, 2.05) is 13.8 Å². The molecule has 1 aromatic rings. The fraction of sp³-hybridized carbons (Fsp3) is 0.786. The second-order valence-electron chi connectivity index (χ2n) is 6.00. The van der Waals surface area contributed by atoms with Gasteiger partial charge in [-0.15, -0.1) is 0 Å². The van der Waals surface area contributed by atoms with Gasteiger partial charge >= 0.3 is 0 Å². The molecular weight excluding hydrogens is 306 g/mol. The molecule has 124 valence electrons. The van der Waals surface area contributed by atoms with Crippen LogP contribution in [0, 0.1) is 0 Å². The van der Waals surface area contributed by atoms with Gasteiger partial charge in [0.05, 0.1) is 0 Å². The SMILES string of the molecule is CCS(=O)(=O)CC(=O)N1CCCC(c2noc(C(C)C)n2)C1. The Hall–Kier alpha value is -1.44. The first-order valence-electron chi connectivity index (χ1n) is 7.64. The third-order valence-corrected chi connectivity index (χ3v) is 5.44. The number of amides is 1. The predicted octanol–water partition coefficient (Wildman–Crippen LogP) is 1.33. The molecule has 7 nitrogen and oxygen atoms in total. The Kier molecular flexibility index (Phi) is 5.20. The number of carbonyl (C=O) groups is 1. The summed E-state index contributed by atoms with van der Waals surface area (Å²) in [5.41, 5.74) is 0. The van der Waals surface area contributed by atoms with E-state index in [4.69, 9.17) is 4.52 Å². The molecule has 22 heavy (non-hydrogen) atoms. The van der Waals surface area contributed by atoms with Gasteiger partial charge in [-0.05, 0) is 12.8 Å². The van der Waals surface area contributed by atoms with Gasteiger partial charge in [-0.1, -0.05) is 25.9 Å². The second kappa shape index (κ2) is 6.76. The third-order valence-electron chi connectivity index (χ3n) is 3.87. The minimum absolute atomic E-state index is 0.0123. The molecule has 1 amide bonds. The Balaban J connectivity index is 2.03. The highest BCUT2D eigenvalue weighted by molar-refractivity contribution is 7.92. The fourth-order valence-electron chi connectivity index (χ4n) is 2.44. The molecule has 1 saturated heterocycles. The Morgan fingerprint density at radius 3 is 2.77 bits per heavy atom. The van der Waals surface area contributed by atoms with Crippen molar-refractivity contribution in [1.82, 2.24) is 15.0 Å². The molecule has 8 heteroatoms. The lowest BCUT2D eigenvalue weighted by molar-refractivity contribution is -0.129. The third kappa shape index (κ3) is 4.06. The summed E-state index contributed by atoms with van der Waals surface area (Å²) in [6, 6.07) is 0. The summed E-state index contributed by atoms with van der Waals surface area (Å²) in [5, 5.41) is 4.00. The highest BCUT2D eigenvalue weighted by Crippen LogP contribution is 2.26. The second-order valence-corrected chi connectivity index (χ2v) is 8.35. The van der Waals surface area contributed by atoms with E-state index in [-0.39, 0.29) is 23.5 Å². The molecule has 1 unspecified atom stereocenters. The number of aromatic nitrogens is 2. The van der Waals surface area contributed by atoms with E-state index >= 15 is 0 Å².